The maximum atomic E-state index is 10.2. The minimum atomic E-state index is -0.948. The highest BCUT2D eigenvalue weighted by molar-refractivity contribution is 5.85. The molecular weight excluding hydrogens is 276 g/mol. The molecular formula is C14H24N2O5. The van der Waals surface area contributed by atoms with Gasteiger partial charge in [0.25, 0.3) is 0 Å². The molecule has 0 unspecified atom stereocenters. The van der Waals surface area contributed by atoms with Gasteiger partial charge in [0, 0.05) is 19.2 Å². The van der Waals surface area contributed by atoms with Gasteiger partial charge in [-0.1, -0.05) is 12.1 Å². The summed E-state index contributed by atoms with van der Waals surface area (Å²) < 4.78 is 4.95. The average Bonchev–Trinajstić information content (AvgIpc) is 2.53. The maximum absolute atomic E-state index is 10.2. The van der Waals surface area contributed by atoms with Gasteiger partial charge in [0.1, 0.15) is 5.75 Å². The summed E-state index contributed by atoms with van der Waals surface area (Å²) in [6.45, 7) is 0.944. The second-order valence-electron chi connectivity index (χ2n) is 3.47. The van der Waals surface area contributed by atoms with Crippen LogP contribution in [0.15, 0.2) is 30.3 Å². The third-order valence-corrected chi connectivity index (χ3v) is 1.79. The quantitative estimate of drug-likeness (QED) is 0.469. The molecule has 0 aliphatic carbocycles. The van der Waals surface area contributed by atoms with Crippen molar-refractivity contribution in [1.82, 2.24) is 0 Å². The molecule has 7 N–H and O–H groups in total. The number of aliphatic hydroxyl groups excluding tert-OH is 2. The lowest BCUT2D eigenvalue weighted by Gasteiger charge is -1.98. The monoisotopic (exact) mass is 300 g/mol. The number of methoxy groups -OCH3 is 1. The molecule has 0 aliphatic rings. The van der Waals surface area contributed by atoms with Crippen LogP contribution in [0.2, 0.25) is 0 Å². The Morgan fingerprint density at radius 2 is 1.57 bits per heavy atom. The Labute approximate surface area is 124 Å². The summed E-state index contributed by atoms with van der Waals surface area (Å²) in [5.74, 6) is -0.191. The topological polar surface area (TPSA) is 139 Å². The summed E-state index contributed by atoms with van der Waals surface area (Å²) in [5.41, 5.74) is 10.4. The van der Waals surface area contributed by atoms with Gasteiger partial charge in [-0.15, -0.1) is 0 Å². The number of hydrogen-bond acceptors (Lipinski definition) is 6. The van der Waals surface area contributed by atoms with Crippen molar-refractivity contribution in [3.05, 3.63) is 35.9 Å². The summed E-state index contributed by atoms with van der Waals surface area (Å²) in [5, 5.41) is 23.9. The number of carboxylic acids is 1. The largest absolute Gasteiger partial charge is 0.497 e. The lowest BCUT2D eigenvalue weighted by molar-refractivity contribution is -0.131. The van der Waals surface area contributed by atoms with Gasteiger partial charge >= 0.3 is 5.97 Å². The van der Waals surface area contributed by atoms with Gasteiger partial charge in [-0.25, -0.2) is 4.79 Å². The Bertz CT molecular complexity index is 371. The van der Waals surface area contributed by atoms with Crippen LogP contribution in [-0.2, 0) is 4.79 Å². The summed E-state index contributed by atoms with van der Waals surface area (Å²) in [4.78, 5) is 10.2. The third-order valence-electron chi connectivity index (χ3n) is 1.79. The number of benzene rings is 1. The minimum Gasteiger partial charge on any atom is -0.497 e. The van der Waals surface area contributed by atoms with E-state index in [1.165, 1.54) is 6.08 Å². The molecule has 1 aromatic carbocycles. The molecule has 0 radical (unpaired) electrons. The van der Waals surface area contributed by atoms with Crippen molar-refractivity contribution in [3.8, 4) is 5.75 Å². The molecule has 0 bridgehead atoms. The number of hydrogen-bond donors (Lipinski definition) is 5. The maximum Gasteiger partial charge on any atom is 0.328 e. The molecule has 0 fully saturated rings. The zero-order chi connectivity index (χ0) is 16.5. The smallest absolute Gasteiger partial charge is 0.328 e. The molecule has 0 saturated heterocycles. The molecule has 0 atom stereocenters. The summed E-state index contributed by atoms with van der Waals surface area (Å²) in [7, 11) is 1.59. The molecule has 21 heavy (non-hydrogen) atoms. The van der Waals surface area contributed by atoms with E-state index in [9.17, 15) is 4.79 Å². The van der Waals surface area contributed by atoms with Crippen LogP contribution in [0.1, 0.15) is 5.56 Å². The highest BCUT2D eigenvalue weighted by atomic mass is 16.5. The molecule has 0 aromatic heterocycles. The summed E-state index contributed by atoms with van der Waals surface area (Å²) >= 11 is 0. The van der Waals surface area contributed by atoms with Crippen LogP contribution < -0.4 is 16.2 Å². The van der Waals surface area contributed by atoms with Gasteiger partial charge in [0.05, 0.1) is 20.3 Å². The number of ether oxygens (including phenoxy) is 1. The fourth-order valence-electron chi connectivity index (χ4n) is 0.883. The molecule has 1 aromatic rings. The minimum absolute atomic E-state index is 0.0972. The number of nitrogens with two attached hydrogens (primary N) is 2. The first kappa shape index (κ1) is 21.4. The fourth-order valence-corrected chi connectivity index (χ4v) is 0.883. The van der Waals surface area contributed by atoms with Crippen LogP contribution in [0.5, 0.6) is 5.75 Å². The summed E-state index contributed by atoms with van der Waals surface area (Å²) in [6.07, 6.45) is 2.63. The number of rotatable bonds is 5. The van der Waals surface area contributed by atoms with Gasteiger partial charge in [-0.3, -0.25) is 0 Å². The van der Waals surface area contributed by atoms with Crippen LogP contribution in [0.25, 0.3) is 6.08 Å². The first-order chi connectivity index (χ1) is 10.0. The molecule has 0 spiro atoms. The van der Waals surface area contributed by atoms with Crippen molar-refractivity contribution in [2.24, 2.45) is 11.5 Å². The molecule has 120 valence electrons. The molecule has 0 saturated carbocycles. The van der Waals surface area contributed by atoms with Crippen LogP contribution in [0.3, 0.4) is 0 Å². The normalized spacial score (nSPS) is 9.19. The molecule has 1 rings (SSSR count). The van der Waals surface area contributed by atoms with E-state index in [4.69, 9.17) is 31.5 Å². The van der Waals surface area contributed by atoms with Crippen LogP contribution >= 0.6 is 0 Å². The highest BCUT2D eigenvalue weighted by Gasteiger charge is 1.91. The van der Waals surface area contributed by atoms with Gasteiger partial charge in [-0.05, 0) is 23.8 Å². The van der Waals surface area contributed by atoms with E-state index < -0.39 is 5.97 Å². The van der Waals surface area contributed by atoms with Crippen LogP contribution in [0, 0.1) is 0 Å². The average molecular weight is 300 g/mol. The van der Waals surface area contributed by atoms with E-state index in [0.29, 0.717) is 13.1 Å². The lowest BCUT2D eigenvalue weighted by atomic mass is 10.2. The second kappa shape index (κ2) is 16.1. The van der Waals surface area contributed by atoms with E-state index in [1.807, 2.05) is 0 Å². The SMILES string of the molecule is COc1ccc(/C=C/C(=O)O)cc1.NCCO.NCCO. The Morgan fingerprint density at radius 1 is 1.14 bits per heavy atom. The van der Waals surface area contributed by atoms with Crippen molar-refractivity contribution >= 4 is 12.0 Å². The van der Waals surface area contributed by atoms with Gasteiger partial charge in [-0.2, -0.15) is 0 Å². The van der Waals surface area contributed by atoms with Crippen molar-refractivity contribution in [2.75, 3.05) is 33.4 Å². The standard InChI is InChI=1S/C10H10O3.2C2H7NO/c1-13-9-5-2-8(3-6-9)4-7-10(11)12;2*3-1-2-4/h2-7H,1H3,(H,11,12);2*4H,1-3H2/b7-4+;;. The lowest BCUT2D eigenvalue weighted by Crippen LogP contribution is -2.02. The number of aliphatic hydroxyl groups is 2. The van der Waals surface area contributed by atoms with Gasteiger partial charge < -0.3 is 31.5 Å². The predicted molar refractivity (Wildman–Crippen MR) is 81.9 cm³/mol. The van der Waals surface area contributed by atoms with E-state index in [1.54, 1.807) is 31.4 Å². The van der Waals surface area contributed by atoms with Crippen molar-refractivity contribution in [2.45, 2.75) is 0 Å². The highest BCUT2D eigenvalue weighted by Crippen LogP contribution is 2.11. The van der Waals surface area contributed by atoms with Crippen molar-refractivity contribution in [1.29, 1.82) is 0 Å². The fraction of sp³-hybridized carbons (Fsp3) is 0.357. The van der Waals surface area contributed by atoms with Gasteiger partial charge in [0.15, 0.2) is 0 Å². The Kier molecular flexibility index (Phi) is 16.4. The number of carboxylic acid groups (broad SMARTS) is 1. The Morgan fingerprint density at radius 3 is 1.86 bits per heavy atom. The second-order valence-corrected chi connectivity index (χ2v) is 3.47. The molecule has 0 amide bonds. The number of carbonyl (C=O) groups is 1. The summed E-state index contributed by atoms with van der Waals surface area (Å²) in [6, 6.07) is 7.14. The Hall–Kier alpha value is -1.93. The molecule has 7 nitrogen and oxygen atoms in total. The zero-order valence-electron chi connectivity index (χ0n) is 12.1. The van der Waals surface area contributed by atoms with Crippen molar-refractivity contribution < 1.29 is 24.9 Å². The van der Waals surface area contributed by atoms with Crippen LogP contribution in [0.4, 0.5) is 0 Å². The van der Waals surface area contributed by atoms with Crippen molar-refractivity contribution in [3.63, 3.8) is 0 Å². The first-order valence-corrected chi connectivity index (χ1v) is 6.22. The molecule has 7 heteroatoms. The number of aliphatic carboxylic acids is 1. The van der Waals surface area contributed by atoms with E-state index >= 15 is 0 Å². The Balaban J connectivity index is 0. The first-order valence-electron chi connectivity index (χ1n) is 6.22. The zero-order valence-corrected chi connectivity index (χ0v) is 12.1. The predicted octanol–water partition coefficient (Wildman–Crippen LogP) is -0.332. The van der Waals surface area contributed by atoms with Crippen LogP contribution in [-0.4, -0.2) is 54.7 Å². The third kappa shape index (κ3) is 16.0. The molecule has 0 heterocycles. The van der Waals surface area contributed by atoms with E-state index in [0.717, 1.165) is 17.4 Å². The van der Waals surface area contributed by atoms with E-state index in [-0.39, 0.29) is 13.2 Å². The van der Waals surface area contributed by atoms with Gasteiger partial charge in [0.2, 0.25) is 0 Å². The molecule has 0 aliphatic heterocycles. The van der Waals surface area contributed by atoms with E-state index in [2.05, 4.69) is 0 Å².